The standard InChI is InChI=1S/C23H34N4O2/c1-16(2)15-27-18(4)21(17(3)26-27)11-12-22(28)25-14-19-8-7-13-24-23(19)29-20-9-5-6-10-20/h7-8,13,16,20H,5-6,9-12,14-15H2,1-4H3,(H,25,28). The lowest BCUT2D eigenvalue weighted by Gasteiger charge is -2.15. The molecule has 1 fully saturated rings. The zero-order valence-electron chi connectivity index (χ0n) is 18.2. The Labute approximate surface area is 174 Å². The molecule has 1 N–H and O–H groups in total. The number of aromatic nitrogens is 3. The molecule has 0 aliphatic heterocycles. The van der Waals surface area contributed by atoms with Crippen molar-refractivity contribution in [2.24, 2.45) is 5.92 Å². The molecule has 29 heavy (non-hydrogen) atoms. The van der Waals surface area contributed by atoms with Crippen LogP contribution in [0, 0.1) is 19.8 Å². The van der Waals surface area contributed by atoms with E-state index in [9.17, 15) is 4.79 Å². The number of pyridine rings is 1. The predicted molar refractivity (Wildman–Crippen MR) is 114 cm³/mol. The fraction of sp³-hybridized carbons (Fsp3) is 0.609. The molecule has 1 saturated carbocycles. The number of amides is 1. The Morgan fingerprint density at radius 3 is 2.79 bits per heavy atom. The molecule has 6 nitrogen and oxygen atoms in total. The monoisotopic (exact) mass is 398 g/mol. The summed E-state index contributed by atoms with van der Waals surface area (Å²) in [4.78, 5) is 16.8. The number of hydrogen-bond donors (Lipinski definition) is 1. The van der Waals surface area contributed by atoms with Crippen molar-refractivity contribution in [2.75, 3.05) is 0 Å². The van der Waals surface area contributed by atoms with Crippen LogP contribution in [0.25, 0.3) is 0 Å². The first-order chi connectivity index (χ1) is 13.9. The molecule has 1 aliphatic rings. The van der Waals surface area contributed by atoms with E-state index in [1.807, 2.05) is 19.1 Å². The first kappa shape index (κ1) is 21.3. The molecular weight excluding hydrogens is 364 g/mol. The summed E-state index contributed by atoms with van der Waals surface area (Å²) < 4.78 is 8.13. The Morgan fingerprint density at radius 1 is 1.31 bits per heavy atom. The first-order valence-corrected chi connectivity index (χ1v) is 10.8. The summed E-state index contributed by atoms with van der Waals surface area (Å²) in [6.45, 7) is 9.85. The molecule has 2 heterocycles. The Kier molecular flexibility index (Phi) is 7.29. The van der Waals surface area contributed by atoms with Crippen LogP contribution in [0.5, 0.6) is 5.88 Å². The second kappa shape index (κ2) is 9.90. The molecule has 1 amide bonds. The number of carbonyl (C=O) groups is 1. The molecule has 0 unspecified atom stereocenters. The highest BCUT2D eigenvalue weighted by Gasteiger charge is 2.19. The van der Waals surface area contributed by atoms with Gasteiger partial charge in [0, 0.05) is 37.0 Å². The van der Waals surface area contributed by atoms with E-state index >= 15 is 0 Å². The lowest BCUT2D eigenvalue weighted by Crippen LogP contribution is -2.24. The number of hydrogen-bond acceptors (Lipinski definition) is 4. The minimum absolute atomic E-state index is 0.0380. The second-order valence-electron chi connectivity index (χ2n) is 8.49. The number of rotatable bonds is 9. The lowest BCUT2D eigenvalue weighted by atomic mass is 10.1. The number of aryl methyl sites for hydroxylation is 1. The molecule has 0 saturated heterocycles. The molecule has 0 bridgehead atoms. The van der Waals surface area contributed by atoms with Gasteiger partial charge in [0.1, 0.15) is 6.10 Å². The van der Waals surface area contributed by atoms with Gasteiger partial charge in [-0.2, -0.15) is 5.10 Å². The van der Waals surface area contributed by atoms with Gasteiger partial charge in [0.05, 0.1) is 5.69 Å². The lowest BCUT2D eigenvalue weighted by molar-refractivity contribution is -0.121. The van der Waals surface area contributed by atoms with Crippen LogP contribution in [0.15, 0.2) is 18.3 Å². The topological polar surface area (TPSA) is 69.0 Å². The molecule has 0 spiro atoms. The summed E-state index contributed by atoms with van der Waals surface area (Å²) in [6.07, 6.45) is 7.78. The maximum Gasteiger partial charge on any atom is 0.220 e. The van der Waals surface area contributed by atoms with E-state index in [0.717, 1.165) is 30.6 Å². The summed E-state index contributed by atoms with van der Waals surface area (Å²) in [5.74, 6) is 1.24. The van der Waals surface area contributed by atoms with Crippen molar-refractivity contribution < 1.29 is 9.53 Å². The van der Waals surface area contributed by atoms with Crippen molar-refractivity contribution in [1.29, 1.82) is 0 Å². The zero-order valence-corrected chi connectivity index (χ0v) is 18.2. The van der Waals surface area contributed by atoms with Crippen LogP contribution in [0.3, 0.4) is 0 Å². The van der Waals surface area contributed by atoms with E-state index < -0.39 is 0 Å². The molecule has 0 atom stereocenters. The van der Waals surface area contributed by atoms with Gasteiger partial charge in [-0.15, -0.1) is 0 Å². The molecule has 2 aromatic heterocycles. The van der Waals surface area contributed by atoms with Gasteiger partial charge in [-0.05, 0) is 63.5 Å². The van der Waals surface area contributed by atoms with Gasteiger partial charge in [-0.3, -0.25) is 9.48 Å². The zero-order chi connectivity index (χ0) is 20.8. The molecule has 3 rings (SSSR count). The van der Waals surface area contributed by atoms with Crippen LogP contribution < -0.4 is 10.1 Å². The van der Waals surface area contributed by atoms with Crippen molar-refractivity contribution in [1.82, 2.24) is 20.1 Å². The molecule has 1 aliphatic carbocycles. The Bertz CT molecular complexity index is 822. The predicted octanol–water partition coefficient (Wildman–Crippen LogP) is 4.12. The van der Waals surface area contributed by atoms with Gasteiger partial charge in [-0.25, -0.2) is 4.98 Å². The molecule has 2 aromatic rings. The molecule has 158 valence electrons. The summed E-state index contributed by atoms with van der Waals surface area (Å²) in [5.41, 5.74) is 4.32. The van der Waals surface area contributed by atoms with Crippen LogP contribution in [0.1, 0.15) is 68.5 Å². The average Bonchev–Trinajstić information content (AvgIpc) is 3.28. The van der Waals surface area contributed by atoms with Gasteiger partial charge in [-0.1, -0.05) is 19.9 Å². The number of nitrogens with zero attached hydrogens (tertiary/aromatic N) is 3. The largest absolute Gasteiger partial charge is 0.474 e. The van der Waals surface area contributed by atoms with Crippen LogP contribution in [-0.2, 0) is 24.3 Å². The summed E-state index contributed by atoms with van der Waals surface area (Å²) >= 11 is 0. The van der Waals surface area contributed by atoms with E-state index in [-0.39, 0.29) is 12.0 Å². The van der Waals surface area contributed by atoms with Crippen molar-refractivity contribution in [2.45, 2.75) is 85.4 Å². The van der Waals surface area contributed by atoms with Gasteiger partial charge >= 0.3 is 0 Å². The minimum atomic E-state index is 0.0380. The third-order valence-electron chi connectivity index (χ3n) is 5.58. The summed E-state index contributed by atoms with van der Waals surface area (Å²) in [7, 11) is 0. The average molecular weight is 399 g/mol. The Hall–Kier alpha value is -2.37. The SMILES string of the molecule is Cc1nn(CC(C)C)c(C)c1CCC(=O)NCc1cccnc1OC1CCCC1. The van der Waals surface area contributed by atoms with Gasteiger partial charge in [0.15, 0.2) is 0 Å². The fourth-order valence-electron chi connectivity index (χ4n) is 3.97. The maximum atomic E-state index is 12.5. The number of ether oxygens (including phenoxy) is 1. The van der Waals surface area contributed by atoms with Gasteiger partial charge in [0.25, 0.3) is 0 Å². The number of carbonyl (C=O) groups excluding carboxylic acids is 1. The maximum absolute atomic E-state index is 12.5. The number of nitrogens with one attached hydrogen (secondary N) is 1. The van der Waals surface area contributed by atoms with Crippen molar-refractivity contribution in [3.05, 3.63) is 40.8 Å². The highest BCUT2D eigenvalue weighted by molar-refractivity contribution is 5.76. The van der Waals surface area contributed by atoms with Crippen LogP contribution in [-0.4, -0.2) is 26.8 Å². The first-order valence-electron chi connectivity index (χ1n) is 10.8. The molecule has 0 radical (unpaired) electrons. The summed E-state index contributed by atoms with van der Waals surface area (Å²) in [6, 6.07) is 3.86. The van der Waals surface area contributed by atoms with Crippen molar-refractivity contribution in [3.63, 3.8) is 0 Å². The summed E-state index contributed by atoms with van der Waals surface area (Å²) in [5, 5.41) is 7.67. The normalized spacial score (nSPS) is 14.5. The Morgan fingerprint density at radius 2 is 2.07 bits per heavy atom. The van der Waals surface area contributed by atoms with Crippen molar-refractivity contribution >= 4 is 5.91 Å². The Balaban J connectivity index is 1.53. The highest BCUT2D eigenvalue weighted by Crippen LogP contribution is 2.25. The quantitative estimate of drug-likeness (QED) is 0.690. The van der Waals surface area contributed by atoms with Gasteiger partial charge in [0.2, 0.25) is 11.8 Å². The molecule has 0 aromatic carbocycles. The van der Waals surface area contributed by atoms with E-state index in [1.165, 1.54) is 24.1 Å². The van der Waals surface area contributed by atoms with E-state index in [2.05, 4.69) is 40.9 Å². The van der Waals surface area contributed by atoms with Gasteiger partial charge < -0.3 is 10.1 Å². The minimum Gasteiger partial charge on any atom is -0.474 e. The smallest absolute Gasteiger partial charge is 0.220 e. The highest BCUT2D eigenvalue weighted by atomic mass is 16.5. The van der Waals surface area contributed by atoms with Crippen molar-refractivity contribution in [3.8, 4) is 5.88 Å². The fourth-order valence-corrected chi connectivity index (χ4v) is 3.97. The third-order valence-corrected chi connectivity index (χ3v) is 5.58. The van der Waals surface area contributed by atoms with E-state index in [1.54, 1.807) is 6.20 Å². The second-order valence-corrected chi connectivity index (χ2v) is 8.49. The molecule has 6 heteroatoms. The van der Waals surface area contributed by atoms with E-state index in [0.29, 0.717) is 31.2 Å². The van der Waals surface area contributed by atoms with Crippen LogP contribution in [0.4, 0.5) is 0 Å². The van der Waals surface area contributed by atoms with Crippen LogP contribution >= 0.6 is 0 Å². The van der Waals surface area contributed by atoms with Crippen LogP contribution in [0.2, 0.25) is 0 Å². The van der Waals surface area contributed by atoms with E-state index in [4.69, 9.17) is 4.74 Å². The molecular formula is C23H34N4O2. The third kappa shape index (κ3) is 5.81.